The van der Waals surface area contributed by atoms with Gasteiger partial charge in [-0.05, 0) is 19.1 Å². The number of amides is 1. The molecule has 0 aliphatic carbocycles. The predicted octanol–water partition coefficient (Wildman–Crippen LogP) is 3.30. The van der Waals surface area contributed by atoms with Gasteiger partial charge in [-0.15, -0.1) is 0 Å². The molecule has 3 rings (SSSR count). The van der Waals surface area contributed by atoms with Crippen molar-refractivity contribution in [2.45, 2.75) is 34.6 Å². The Labute approximate surface area is 164 Å². The lowest BCUT2D eigenvalue weighted by Gasteiger charge is -2.00. The summed E-state index contributed by atoms with van der Waals surface area (Å²) < 4.78 is 1.73. The van der Waals surface area contributed by atoms with Gasteiger partial charge in [0.05, 0.1) is 11.4 Å². The Morgan fingerprint density at radius 3 is 2.30 bits per heavy atom. The minimum atomic E-state index is -0.128. The number of hydrogen-bond acceptors (Lipinski definition) is 7. The fourth-order valence-corrected chi connectivity index (χ4v) is 2.52. The maximum Gasteiger partial charge on any atom is 0.263 e. The molecule has 9 heteroatoms. The highest BCUT2D eigenvalue weighted by molar-refractivity contribution is 7.17. The second-order valence-corrected chi connectivity index (χ2v) is 5.47. The molecule has 148 valence electrons. The molecule has 1 amide bonds. The topological polar surface area (TPSA) is 125 Å². The van der Waals surface area contributed by atoms with Gasteiger partial charge in [-0.2, -0.15) is 5.10 Å². The van der Waals surface area contributed by atoms with E-state index >= 15 is 0 Å². The summed E-state index contributed by atoms with van der Waals surface area (Å²) in [5, 5.41) is 7.00. The van der Waals surface area contributed by atoms with Crippen molar-refractivity contribution >= 4 is 28.2 Å². The molecule has 8 nitrogen and oxygen atoms in total. The van der Waals surface area contributed by atoms with Gasteiger partial charge in [-0.3, -0.25) is 4.79 Å². The minimum absolute atomic E-state index is 0.128. The Balaban J connectivity index is 0.000000425. The Kier molecular flexibility index (Phi) is 11.8. The number of aromatic nitrogens is 4. The first-order valence-corrected chi connectivity index (χ1v) is 9.49. The molecule has 0 aromatic carbocycles. The van der Waals surface area contributed by atoms with E-state index in [0.717, 1.165) is 5.69 Å². The maximum absolute atomic E-state index is 11.1. The number of pyridine rings is 1. The van der Waals surface area contributed by atoms with E-state index in [1.165, 1.54) is 11.3 Å². The molecule has 3 aromatic heterocycles. The normalized spacial score (nSPS) is 8.81. The summed E-state index contributed by atoms with van der Waals surface area (Å²) in [7, 11) is 1.58. The van der Waals surface area contributed by atoms with Gasteiger partial charge in [0, 0.05) is 31.7 Å². The summed E-state index contributed by atoms with van der Waals surface area (Å²) in [4.78, 5) is 19.4. The fraction of sp³-hybridized carbons (Fsp3) is 0.333. The van der Waals surface area contributed by atoms with Crippen LogP contribution in [0, 0.1) is 6.92 Å². The van der Waals surface area contributed by atoms with Crippen LogP contribution >= 0.6 is 11.3 Å². The monoisotopic (exact) mass is 391 g/mol. The first kappa shape index (κ1) is 24.1. The highest BCUT2D eigenvalue weighted by Gasteiger charge is 2.11. The Bertz CT molecular complexity index is 785. The smallest absolute Gasteiger partial charge is 0.263 e. The lowest BCUT2D eigenvalue weighted by molar-refractivity contribution is 0.0966. The van der Waals surface area contributed by atoms with Crippen LogP contribution in [0.3, 0.4) is 0 Å². The minimum Gasteiger partial charge on any atom is -0.384 e. The van der Waals surface area contributed by atoms with Gasteiger partial charge in [-0.1, -0.05) is 39.0 Å². The van der Waals surface area contributed by atoms with Gasteiger partial charge in [0.1, 0.15) is 10.7 Å². The number of nitrogens with zero attached hydrogens (tertiary/aromatic N) is 4. The number of carbonyl (C=O) groups is 1. The number of hydrogen-bond donors (Lipinski definition) is 3. The van der Waals surface area contributed by atoms with Gasteiger partial charge >= 0.3 is 0 Å². The molecule has 0 bridgehead atoms. The van der Waals surface area contributed by atoms with Gasteiger partial charge in [0.2, 0.25) is 0 Å². The fourth-order valence-electron chi connectivity index (χ4n) is 1.74. The van der Waals surface area contributed by atoms with Crippen LogP contribution in [0.2, 0.25) is 0 Å². The van der Waals surface area contributed by atoms with Crippen LogP contribution < -0.4 is 16.8 Å². The van der Waals surface area contributed by atoms with E-state index in [1.54, 1.807) is 37.1 Å². The Morgan fingerprint density at radius 2 is 1.85 bits per heavy atom. The average Bonchev–Trinajstić information content (AvgIpc) is 3.34. The van der Waals surface area contributed by atoms with Crippen LogP contribution in [0.15, 0.2) is 36.8 Å². The molecule has 0 spiro atoms. The van der Waals surface area contributed by atoms with Crippen molar-refractivity contribution in [3.63, 3.8) is 0 Å². The molecule has 0 saturated carbocycles. The number of carbonyl (C=O) groups excluding carboxylic acids is 1. The largest absolute Gasteiger partial charge is 0.384 e. The van der Waals surface area contributed by atoms with Crippen molar-refractivity contribution in [3.05, 3.63) is 47.4 Å². The lowest BCUT2D eigenvalue weighted by Crippen LogP contribution is -2.17. The highest BCUT2D eigenvalue weighted by atomic mass is 32.1. The molecule has 0 unspecified atom stereocenters. The van der Waals surface area contributed by atoms with Crippen molar-refractivity contribution < 1.29 is 4.79 Å². The zero-order chi connectivity index (χ0) is 20.8. The average molecular weight is 392 g/mol. The van der Waals surface area contributed by atoms with E-state index < -0.39 is 0 Å². The van der Waals surface area contributed by atoms with Crippen LogP contribution in [0.1, 0.15) is 43.1 Å². The SMILES string of the molecule is CC.CC.CNC(=O)c1sc(N)nc1C.Nc1cc(-n2cccn2)ccn1. The third-order valence-electron chi connectivity index (χ3n) is 2.78. The molecule has 0 aliphatic rings. The molecule has 5 N–H and O–H groups in total. The van der Waals surface area contributed by atoms with Gasteiger partial charge < -0.3 is 16.8 Å². The van der Waals surface area contributed by atoms with Crippen molar-refractivity contribution in [2.75, 3.05) is 18.5 Å². The summed E-state index contributed by atoms with van der Waals surface area (Å²) in [5.74, 6) is 0.375. The molecule has 27 heavy (non-hydrogen) atoms. The predicted molar refractivity (Wildman–Crippen MR) is 113 cm³/mol. The van der Waals surface area contributed by atoms with Crippen LogP contribution in [-0.2, 0) is 0 Å². The van der Waals surface area contributed by atoms with Gasteiger partial charge in [0.25, 0.3) is 5.91 Å². The first-order valence-electron chi connectivity index (χ1n) is 8.67. The van der Waals surface area contributed by atoms with Crippen molar-refractivity contribution in [3.8, 4) is 5.69 Å². The number of rotatable bonds is 2. The van der Waals surface area contributed by atoms with E-state index in [4.69, 9.17) is 11.5 Å². The number of thiazole rings is 1. The van der Waals surface area contributed by atoms with E-state index in [-0.39, 0.29) is 5.91 Å². The van der Waals surface area contributed by atoms with Crippen molar-refractivity contribution in [1.82, 2.24) is 25.1 Å². The Hall–Kier alpha value is -2.94. The number of nitrogens with two attached hydrogens (primary N) is 2. The summed E-state index contributed by atoms with van der Waals surface area (Å²) in [5.41, 5.74) is 12.5. The second kappa shape index (κ2) is 13.3. The van der Waals surface area contributed by atoms with Gasteiger partial charge in [0.15, 0.2) is 5.13 Å². The van der Waals surface area contributed by atoms with Crippen LogP contribution in [0.4, 0.5) is 10.9 Å². The zero-order valence-electron chi connectivity index (χ0n) is 16.7. The van der Waals surface area contributed by atoms with Crippen molar-refractivity contribution in [2.24, 2.45) is 0 Å². The second-order valence-electron chi connectivity index (χ2n) is 4.44. The molecular weight excluding hydrogens is 362 g/mol. The van der Waals surface area contributed by atoms with Crippen LogP contribution in [0.5, 0.6) is 0 Å². The summed E-state index contributed by atoms with van der Waals surface area (Å²) in [6, 6.07) is 5.48. The van der Waals surface area contributed by atoms with Crippen molar-refractivity contribution in [1.29, 1.82) is 0 Å². The molecule has 0 atom stereocenters. The third-order valence-corrected chi connectivity index (χ3v) is 3.77. The maximum atomic E-state index is 11.1. The number of nitrogen functional groups attached to an aromatic ring is 2. The Morgan fingerprint density at radius 1 is 1.19 bits per heavy atom. The van der Waals surface area contributed by atoms with E-state index in [1.807, 2.05) is 46.0 Å². The third kappa shape index (κ3) is 7.87. The number of aryl methyl sites for hydroxylation is 1. The standard InChI is InChI=1S/C8H8N4.C6H9N3OS.2C2H6/c9-8-6-7(2-4-10-8)12-5-1-3-11-12;1-3-4(5(10)8-2)11-6(7)9-3;2*1-2/h1-6H,(H2,9,10);1-2H3,(H2,7,9)(H,8,10);2*1-2H3. The van der Waals surface area contributed by atoms with E-state index in [2.05, 4.69) is 20.4 Å². The molecule has 3 aromatic rings. The molecule has 0 radical (unpaired) electrons. The zero-order valence-corrected chi connectivity index (χ0v) is 17.5. The van der Waals surface area contributed by atoms with E-state index in [0.29, 0.717) is 21.5 Å². The lowest BCUT2D eigenvalue weighted by atomic mass is 10.4. The number of nitrogens with one attached hydrogen (secondary N) is 1. The quantitative estimate of drug-likeness (QED) is 0.615. The number of anilines is 2. The molecule has 3 heterocycles. The van der Waals surface area contributed by atoms with Gasteiger partial charge in [-0.25, -0.2) is 14.6 Å². The molecule has 0 fully saturated rings. The van der Waals surface area contributed by atoms with E-state index in [9.17, 15) is 4.79 Å². The summed E-state index contributed by atoms with van der Waals surface area (Å²) in [6.07, 6.45) is 5.23. The first-order chi connectivity index (χ1) is 13.0. The summed E-state index contributed by atoms with van der Waals surface area (Å²) >= 11 is 1.20. The molecule has 0 saturated heterocycles. The molecule has 0 aliphatic heterocycles. The van der Waals surface area contributed by atoms with Crippen LogP contribution in [-0.4, -0.2) is 32.7 Å². The summed E-state index contributed by atoms with van der Waals surface area (Å²) in [6.45, 7) is 9.76. The highest BCUT2D eigenvalue weighted by Crippen LogP contribution is 2.18. The molecular formula is C18H29N7OS. The van der Waals surface area contributed by atoms with Crippen LogP contribution in [0.25, 0.3) is 5.69 Å².